The van der Waals surface area contributed by atoms with Crippen molar-refractivity contribution in [2.24, 2.45) is 0 Å². The molecule has 0 bridgehead atoms. The first-order chi connectivity index (χ1) is 8.83. The third-order valence-corrected chi connectivity index (χ3v) is 2.54. The van der Waals surface area contributed by atoms with Gasteiger partial charge in [0, 0.05) is 18.1 Å². The normalized spacial score (nSPS) is 10.6. The molecular weight excluding hydrogens is 230 g/mol. The minimum absolute atomic E-state index is 0.0679. The van der Waals surface area contributed by atoms with Crippen molar-refractivity contribution in [1.29, 1.82) is 0 Å². The fourth-order valence-electron chi connectivity index (χ4n) is 1.62. The van der Waals surface area contributed by atoms with Gasteiger partial charge in [0.25, 0.3) is 0 Å². The fraction of sp³-hybridized carbons (Fsp3) is 0.357. The van der Waals surface area contributed by atoms with Crippen molar-refractivity contribution in [3.63, 3.8) is 0 Å². The summed E-state index contributed by atoms with van der Waals surface area (Å²) in [5.41, 5.74) is 1.76. The molecule has 1 N–H and O–H groups in total. The molecule has 0 radical (unpaired) electrons. The summed E-state index contributed by atoms with van der Waals surface area (Å²) in [5.74, 6) is 1.55. The topological polar surface area (TPSA) is 55.5 Å². The summed E-state index contributed by atoms with van der Waals surface area (Å²) in [4.78, 5) is 0. The Morgan fingerprint density at radius 3 is 2.72 bits per heavy atom. The van der Waals surface area contributed by atoms with Gasteiger partial charge in [0.05, 0.1) is 13.2 Å². The summed E-state index contributed by atoms with van der Waals surface area (Å²) in [6.45, 7) is 2.87. The fourth-order valence-corrected chi connectivity index (χ4v) is 1.62. The lowest BCUT2D eigenvalue weighted by Gasteiger charge is -2.04. The number of benzene rings is 1. The molecule has 1 aromatic heterocycles. The van der Waals surface area contributed by atoms with Crippen LogP contribution in [0.1, 0.15) is 19.1 Å². The molecule has 0 saturated carbocycles. The SMILES string of the molecule is CCCOc1ccc(-c2cc(CCO)on2)cc1. The van der Waals surface area contributed by atoms with E-state index in [4.69, 9.17) is 14.4 Å². The van der Waals surface area contributed by atoms with Crippen molar-refractivity contribution in [3.05, 3.63) is 36.1 Å². The zero-order valence-electron chi connectivity index (χ0n) is 10.4. The van der Waals surface area contributed by atoms with E-state index in [1.807, 2.05) is 30.3 Å². The van der Waals surface area contributed by atoms with Crippen LogP contribution in [0.25, 0.3) is 11.3 Å². The lowest BCUT2D eigenvalue weighted by molar-refractivity contribution is 0.277. The number of rotatable bonds is 6. The van der Waals surface area contributed by atoms with Crippen LogP contribution >= 0.6 is 0 Å². The van der Waals surface area contributed by atoms with Crippen LogP contribution in [0.4, 0.5) is 0 Å². The monoisotopic (exact) mass is 247 g/mol. The third kappa shape index (κ3) is 3.11. The van der Waals surface area contributed by atoms with Crippen molar-refractivity contribution >= 4 is 0 Å². The van der Waals surface area contributed by atoms with Crippen LogP contribution in [0.5, 0.6) is 5.75 Å². The number of ether oxygens (including phenoxy) is 1. The maximum absolute atomic E-state index is 8.81. The number of aromatic nitrogens is 1. The second-order valence-electron chi connectivity index (χ2n) is 4.02. The molecule has 0 amide bonds. The molecule has 0 unspecified atom stereocenters. The minimum atomic E-state index is 0.0679. The van der Waals surface area contributed by atoms with Gasteiger partial charge < -0.3 is 14.4 Å². The van der Waals surface area contributed by atoms with Gasteiger partial charge in [-0.3, -0.25) is 0 Å². The lowest BCUT2D eigenvalue weighted by atomic mass is 10.1. The molecule has 0 saturated heterocycles. The molecule has 0 spiro atoms. The van der Waals surface area contributed by atoms with Crippen LogP contribution in [0.3, 0.4) is 0 Å². The minimum Gasteiger partial charge on any atom is -0.494 e. The van der Waals surface area contributed by atoms with Crippen LogP contribution < -0.4 is 4.74 Å². The number of nitrogens with zero attached hydrogens (tertiary/aromatic N) is 1. The standard InChI is InChI=1S/C14H17NO3/c1-2-9-17-12-5-3-11(4-6-12)14-10-13(7-8-16)18-15-14/h3-6,10,16H,2,7-9H2,1H3. The highest BCUT2D eigenvalue weighted by Crippen LogP contribution is 2.22. The van der Waals surface area contributed by atoms with Crippen LogP contribution in [0.15, 0.2) is 34.9 Å². The van der Waals surface area contributed by atoms with Crippen molar-refractivity contribution in [2.45, 2.75) is 19.8 Å². The van der Waals surface area contributed by atoms with E-state index in [0.29, 0.717) is 12.2 Å². The van der Waals surface area contributed by atoms with E-state index in [9.17, 15) is 0 Å². The highest BCUT2D eigenvalue weighted by molar-refractivity contribution is 5.59. The molecule has 2 aromatic rings. The van der Waals surface area contributed by atoms with Gasteiger partial charge in [-0.15, -0.1) is 0 Å². The van der Waals surface area contributed by atoms with E-state index >= 15 is 0 Å². The zero-order valence-corrected chi connectivity index (χ0v) is 10.4. The molecule has 0 aliphatic heterocycles. The summed E-state index contributed by atoms with van der Waals surface area (Å²) in [5, 5.41) is 12.8. The Morgan fingerprint density at radius 2 is 2.06 bits per heavy atom. The first kappa shape index (κ1) is 12.6. The predicted octanol–water partition coefficient (Wildman–Crippen LogP) is 2.67. The molecule has 2 rings (SSSR count). The van der Waals surface area contributed by atoms with Crippen molar-refractivity contribution < 1.29 is 14.4 Å². The third-order valence-electron chi connectivity index (χ3n) is 2.54. The van der Waals surface area contributed by atoms with Crippen molar-refractivity contribution in [3.8, 4) is 17.0 Å². The smallest absolute Gasteiger partial charge is 0.139 e. The first-order valence-electron chi connectivity index (χ1n) is 6.13. The molecule has 0 fully saturated rings. The summed E-state index contributed by atoms with van der Waals surface area (Å²) in [6, 6.07) is 9.59. The van der Waals surface area contributed by atoms with Crippen molar-refractivity contribution in [1.82, 2.24) is 5.16 Å². The Balaban J connectivity index is 2.07. The highest BCUT2D eigenvalue weighted by atomic mass is 16.5. The van der Waals surface area contributed by atoms with Gasteiger partial charge in [-0.25, -0.2) is 0 Å². The largest absolute Gasteiger partial charge is 0.494 e. The summed E-state index contributed by atoms with van der Waals surface area (Å²) < 4.78 is 10.6. The maximum Gasteiger partial charge on any atom is 0.139 e. The molecule has 18 heavy (non-hydrogen) atoms. The van der Waals surface area contributed by atoms with E-state index < -0.39 is 0 Å². The Hall–Kier alpha value is -1.81. The van der Waals surface area contributed by atoms with E-state index in [1.165, 1.54) is 0 Å². The van der Waals surface area contributed by atoms with Gasteiger partial charge in [0.15, 0.2) is 0 Å². The van der Waals surface area contributed by atoms with Gasteiger partial charge in [-0.1, -0.05) is 12.1 Å². The highest BCUT2D eigenvalue weighted by Gasteiger charge is 2.06. The number of aliphatic hydroxyl groups is 1. The van der Waals surface area contributed by atoms with Gasteiger partial charge in [0.2, 0.25) is 0 Å². The Kier molecular flexibility index (Phi) is 4.36. The Morgan fingerprint density at radius 1 is 1.28 bits per heavy atom. The molecule has 1 heterocycles. The average molecular weight is 247 g/mol. The van der Waals surface area contributed by atoms with Crippen LogP contribution in [0.2, 0.25) is 0 Å². The predicted molar refractivity (Wildman–Crippen MR) is 68.5 cm³/mol. The first-order valence-corrected chi connectivity index (χ1v) is 6.13. The van der Waals surface area contributed by atoms with Crippen molar-refractivity contribution in [2.75, 3.05) is 13.2 Å². The van der Waals surface area contributed by atoms with Crippen LogP contribution in [-0.4, -0.2) is 23.5 Å². The van der Waals surface area contributed by atoms with Gasteiger partial charge >= 0.3 is 0 Å². The number of hydrogen-bond acceptors (Lipinski definition) is 4. The van der Waals surface area contributed by atoms with E-state index in [1.54, 1.807) is 0 Å². The van der Waals surface area contributed by atoms with Crippen LogP contribution in [0, 0.1) is 0 Å². The molecular formula is C14H17NO3. The summed E-state index contributed by atoms with van der Waals surface area (Å²) in [7, 11) is 0. The second-order valence-corrected chi connectivity index (χ2v) is 4.02. The average Bonchev–Trinajstić information content (AvgIpc) is 2.86. The molecule has 1 aromatic carbocycles. The van der Waals surface area contributed by atoms with Gasteiger partial charge in [-0.2, -0.15) is 0 Å². The maximum atomic E-state index is 8.81. The molecule has 0 atom stereocenters. The van der Waals surface area contributed by atoms with E-state index in [-0.39, 0.29) is 6.61 Å². The zero-order chi connectivity index (χ0) is 12.8. The molecule has 4 heteroatoms. The number of aliphatic hydroxyl groups excluding tert-OH is 1. The molecule has 4 nitrogen and oxygen atoms in total. The molecule has 0 aliphatic rings. The van der Waals surface area contributed by atoms with Gasteiger partial charge in [0.1, 0.15) is 17.2 Å². The van der Waals surface area contributed by atoms with Gasteiger partial charge in [-0.05, 0) is 30.7 Å². The molecule has 96 valence electrons. The van der Waals surface area contributed by atoms with Crippen LogP contribution in [-0.2, 0) is 6.42 Å². The molecule has 0 aliphatic carbocycles. The van der Waals surface area contributed by atoms with E-state index in [0.717, 1.165) is 30.0 Å². The Labute approximate surface area is 106 Å². The quantitative estimate of drug-likeness (QED) is 0.852. The summed E-state index contributed by atoms with van der Waals surface area (Å²) in [6.07, 6.45) is 1.49. The van der Waals surface area contributed by atoms with E-state index in [2.05, 4.69) is 12.1 Å². The summed E-state index contributed by atoms with van der Waals surface area (Å²) >= 11 is 0. The second kappa shape index (κ2) is 6.21. The number of hydrogen-bond donors (Lipinski definition) is 1. The Bertz CT molecular complexity index is 476. The lowest BCUT2D eigenvalue weighted by Crippen LogP contribution is -1.94.